The molecule has 0 aromatic rings. The van der Waals surface area contributed by atoms with Crippen LogP contribution in [0.3, 0.4) is 0 Å². The highest BCUT2D eigenvalue weighted by Crippen LogP contribution is 2.12. The summed E-state index contributed by atoms with van der Waals surface area (Å²) in [7, 11) is 0. The van der Waals surface area contributed by atoms with Crippen molar-refractivity contribution in [2.24, 2.45) is 4.99 Å². The summed E-state index contributed by atoms with van der Waals surface area (Å²) in [5, 5.41) is 8.90. The first-order valence-electron chi connectivity index (χ1n) is 5.42. The van der Waals surface area contributed by atoms with Crippen LogP contribution in [0.2, 0.25) is 0 Å². The van der Waals surface area contributed by atoms with Gasteiger partial charge < -0.3 is 14.7 Å². The smallest absolute Gasteiger partial charge is 0.336 e. The predicted octanol–water partition coefficient (Wildman–Crippen LogP) is -0.979. The summed E-state index contributed by atoms with van der Waals surface area (Å²) in [4.78, 5) is 41.7. The number of nitrogens with zero attached hydrogens (tertiary/aromatic N) is 2. The van der Waals surface area contributed by atoms with Gasteiger partial charge >= 0.3 is 5.97 Å². The third-order valence-corrected chi connectivity index (χ3v) is 2.00. The zero-order chi connectivity index (χ0) is 13.4. The lowest BCUT2D eigenvalue weighted by molar-refractivity contribution is -0.197. The number of hydroxylamine groups is 2. The van der Waals surface area contributed by atoms with Gasteiger partial charge in [0.25, 0.3) is 11.8 Å². The van der Waals surface area contributed by atoms with Gasteiger partial charge in [-0.25, -0.2) is 4.79 Å². The Kier molecular flexibility index (Phi) is 5.78. The van der Waals surface area contributed by atoms with Crippen molar-refractivity contribution in [1.29, 1.82) is 0 Å². The normalized spacial score (nSPS) is 15.5. The fraction of sp³-hybridized carbons (Fsp3) is 0.600. The monoisotopic (exact) mass is 258 g/mol. The van der Waals surface area contributed by atoms with E-state index in [0.717, 1.165) is 6.40 Å². The molecule has 1 heterocycles. The Morgan fingerprint density at radius 3 is 2.67 bits per heavy atom. The molecule has 0 aliphatic carbocycles. The zero-order valence-corrected chi connectivity index (χ0v) is 9.70. The van der Waals surface area contributed by atoms with Gasteiger partial charge in [-0.3, -0.25) is 14.6 Å². The number of carbonyl (C=O) groups is 3. The Labute approximate surface area is 103 Å². The maximum absolute atomic E-state index is 11.2. The Morgan fingerprint density at radius 1 is 1.39 bits per heavy atom. The first-order chi connectivity index (χ1) is 8.65. The van der Waals surface area contributed by atoms with Crippen molar-refractivity contribution in [3.8, 4) is 0 Å². The molecule has 18 heavy (non-hydrogen) atoms. The van der Waals surface area contributed by atoms with Crippen molar-refractivity contribution < 1.29 is 29.1 Å². The van der Waals surface area contributed by atoms with Gasteiger partial charge in [0.15, 0.2) is 6.40 Å². The second-order valence-electron chi connectivity index (χ2n) is 3.40. The summed E-state index contributed by atoms with van der Waals surface area (Å²) in [5.41, 5.74) is 0. The minimum atomic E-state index is -0.728. The van der Waals surface area contributed by atoms with Gasteiger partial charge in [0.2, 0.25) is 0 Å². The van der Waals surface area contributed by atoms with Gasteiger partial charge in [0, 0.05) is 12.8 Å². The molecule has 0 bridgehead atoms. The highest BCUT2D eigenvalue weighted by Gasteiger charge is 2.32. The largest absolute Gasteiger partial charge is 0.483 e. The lowest BCUT2D eigenvalue weighted by atomic mass is 10.4. The van der Waals surface area contributed by atoms with Crippen LogP contribution >= 0.6 is 0 Å². The number of hydrogen-bond acceptors (Lipinski definition) is 7. The van der Waals surface area contributed by atoms with Gasteiger partial charge in [-0.1, -0.05) is 0 Å². The van der Waals surface area contributed by atoms with Gasteiger partial charge in [0.1, 0.15) is 0 Å². The second-order valence-corrected chi connectivity index (χ2v) is 3.40. The summed E-state index contributed by atoms with van der Waals surface area (Å²) < 4.78 is 4.83. The molecule has 100 valence electrons. The highest BCUT2D eigenvalue weighted by atomic mass is 16.7. The van der Waals surface area contributed by atoms with E-state index in [9.17, 15) is 14.4 Å². The molecule has 0 atom stereocenters. The van der Waals surface area contributed by atoms with E-state index < -0.39 is 17.8 Å². The van der Waals surface area contributed by atoms with E-state index in [0.29, 0.717) is 5.06 Å². The fourth-order valence-electron chi connectivity index (χ4n) is 1.16. The Bertz CT molecular complexity index is 338. The van der Waals surface area contributed by atoms with Crippen LogP contribution in [0.25, 0.3) is 0 Å². The SMILES string of the molecule is O=C(CCOC=NCCO)ON1C(=O)CCC1=O. The molecule has 0 spiro atoms. The molecule has 2 amide bonds. The Hall–Kier alpha value is -1.96. The van der Waals surface area contributed by atoms with Crippen LogP contribution in [0.1, 0.15) is 19.3 Å². The standard InChI is InChI=1S/C10H14N2O6/c13-5-4-11-7-17-6-3-10(16)18-12-8(14)1-2-9(12)15/h7,13H,1-6H2. The number of aliphatic hydroxyl groups excluding tert-OH is 1. The molecule has 1 fully saturated rings. The van der Waals surface area contributed by atoms with Gasteiger partial charge in [-0.2, -0.15) is 0 Å². The van der Waals surface area contributed by atoms with Crippen LogP contribution < -0.4 is 0 Å². The molecule has 0 unspecified atom stereocenters. The Morgan fingerprint density at radius 2 is 2.06 bits per heavy atom. The van der Waals surface area contributed by atoms with Crippen molar-refractivity contribution in [3.05, 3.63) is 0 Å². The van der Waals surface area contributed by atoms with E-state index in [-0.39, 0.29) is 39.0 Å². The van der Waals surface area contributed by atoms with E-state index in [1.165, 1.54) is 0 Å². The molecule has 1 aliphatic rings. The topological polar surface area (TPSA) is 106 Å². The number of carbonyl (C=O) groups excluding carboxylic acids is 3. The number of rotatable bonds is 7. The van der Waals surface area contributed by atoms with E-state index in [1.54, 1.807) is 0 Å². The average Bonchev–Trinajstić information content (AvgIpc) is 2.65. The molecule has 1 N–H and O–H groups in total. The quantitative estimate of drug-likeness (QED) is 0.272. The minimum Gasteiger partial charge on any atom is -0.483 e. The zero-order valence-electron chi connectivity index (χ0n) is 9.70. The minimum absolute atomic E-state index is 0.0178. The van der Waals surface area contributed by atoms with E-state index in [4.69, 9.17) is 9.84 Å². The second kappa shape index (κ2) is 7.38. The molecule has 1 aliphatic heterocycles. The molecule has 1 rings (SSSR count). The third kappa shape index (κ3) is 4.50. The summed E-state index contributed by atoms with van der Waals surface area (Å²) in [6, 6.07) is 0. The van der Waals surface area contributed by atoms with Crippen LogP contribution in [-0.2, 0) is 24.0 Å². The summed E-state index contributed by atoms with van der Waals surface area (Å²) in [6.45, 7) is 0.159. The maximum atomic E-state index is 11.2. The van der Waals surface area contributed by atoms with Crippen molar-refractivity contribution in [3.63, 3.8) is 0 Å². The van der Waals surface area contributed by atoms with Crippen LogP contribution in [-0.4, -0.2) is 54.1 Å². The number of ether oxygens (including phenoxy) is 1. The van der Waals surface area contributed by atoms with Crippen LogP contribution in [0.4, 0.5) is 0 Å². The first-order valence-corrected chi connectivity index (χ1v) is 5.42. The van der Waals surface area contributed by atoms with Crippen LogP contribution in [0, 0.1) is 0 Å². The average molecular weight is 258 g/mol. The molecule has 0 saturated carbocycles. The van der Waals surface area contributed by atoms with Gasteiger partial charge in [-0.15, -0.1) is 5.06 Å². The summed E-state index contributed by atoms with van der Waals surface area (Å²) >= 11 is 0. The number of aliphatic hydroxyl groups is 1. The first kappa shape index (κ1) is 14.1. The molecular weight excluding hydrogens is 244 g/mol. The molecule has 0 aromatic heterocycles. The van der Waals surface area contributed by atoms with Crippen molar-refractivity contribution >= 4 is 24.2 Å². The van der Waals surface area contributed by atoms with Gasteiger partial charge in [-0.05, 0) is 0 Å². The molecule has 0 aromatic carbocycles. The summed E-state index contributed by atoms with van der Waals surface area (Å²) in [5.74, 6) is -1.76. The molecule has 8 heteroatoms. The molecule has 8 nitrogen and oxygen atoms in total. The lowest BCUT2D eigenvalue weighted by Crippen LogP contribution is -2.32. The predicted molar refractivity (Wildman–Crippen MR) is 58.2 cm³/mol. The van der Waals surface area contributed by atoms with E-state index in [2.05, 4.69) is 9.83 Å². The highest BCUT2D eigenvalue weighted by molar-refractivity contribution is 6.01. The van der Waals surface area contributed by atoms with E-state index in [1.807, 2.05) is 0 Å². The number of imide groups is 1. The fourth-order valence-corrected chi connectivity index (χ4v) is 1.16. The molecule has 1 saturated heterocycles. The van der Waals surface area contributed by atoms with Crippen LogP contribution in [0.5, 0.6) is 0 Å². The molecular formula is C10H14N2O6. The maximum Gasteiger partial charge on any atom is 0.336 e. The van der Waals surface area contributed by atoms with E-state index >= 15 is 0 Å². The van der Waals surface area contributed by atoms with Crippen molar-refractivity contribution in [2.75, 3.05) is 19.8 Å². The van der Waals surface area contributed by atoms with Gasteiger partial charge in [0.05, 0.1) is 26.2 Å². The number of amides is 2. The van der Waals surface area contributed by atoms with Crippen molar-refractivity contribution in [1.82, 2.24) is 5.06 Å². The number of aliphatic imine (C=N–C) groups is 1. The number of hydrogen-bond donors (Lipinski definition) is 1. The molecule has 0 radical (unpaired) electrons. The summed E-state index contributed by atoms with van der Waals surface area (Å²) in [6.07, 6.45) is 1.14. The van der Waals surface area contributed by atoms with Crippen molar-refractivity contribution in [2.45, 2.75) is 19.3 Å². The van der Waals surface area contributed by atoms with Crippen LogP contribution in [0.15, 0.2) is 4.99 Å². The third-order valence-electron chi connectivity index (χ3n) is 2.00. The lowest BCUT2D eigenvalue weighted by Gasteiger charge is -2.12. The Balaban J connectivity index is 2.18.